The molecule has 19 heavy (non-hydrogen) atoms. The van der Waals surface area contributed by atoms with Crippen molar-refractivity contribution >= 4 is 37.4 Å². The number of benzene rings is 2. The SMILES string of the molecule is O=S(=O)(Cc1ccc(Br)cc1)Cc1cccc(Cl)c1. The molecule has 0 fully saturated rings. The lowest BCUT2D eigenvalue weighted by atomic mass is 10.2. The van der Waals surface area contributed by atoms with Crippen LogP contribution in [0.5, 0.6) is 0 Å². The molecule has 5 heteroatoms. The maximum atomic E-state index is 12.1. The van der Waals surface area contributed by atoms with Crippen molar-refractivity contribution in [2.45, 2.75) is 11.5 Å². The van der Waals surface area contributed by atoms with Crippen molar-refractivity contribution in [2.24, 2.45) is 0 Å². The number of halogens is 2. The Labute approximate surface area is 126 Å². The van der Waals surface area contributed by atoms with Gasteiger partial charge in [0.15, 0.2) is 9.84 Å². The van der Waals surface area contributed by atoms with E-state index in [1.54, 1.807) is 36.4 Å². The van der Waals surface area contributed by atoms with Gasteiger partial charge in [0.1, 0.15) is 0 Å². The highest BCUT2D eigenvalue weighted by atomic mass is 79.9. The van der Waals surface area contributed by atoms with Crippen LogP contribution in [-0.2, 0) is 21.3 Å². The summed E-state index contributed by atoms with van der Waals surface area (Å²) in [5, 5.41) is 0.552. The molecule has 0 radical (unpaired) electrons. The lowest BCUT2D eigenvalue weighted by Crippen LogP contribution is -2.07. The summed E-state index contributed by atoms with van der Waals surface area (Å²) in [6, 6.07) is 14.2. The predicted octanol–water partition coefficient (Wildman–Crippen LogP) is 4.22. The summed E-state index contributed by atoms with van der Waals surface area (Å²) in [7, 11) is -3.19. The fourth-order valence-corrected chi connectivity index (χ4v) is 3.73. The molecule has 2 nitrogen and oxygen atoms in total. The molecule has 2 aromatic carbocycles. The molecule has 0 aromatic heterocycles. The molecule has 0 heterocycles. The topological polar surface area (TPSA) is 34.1 Å². The summed E-state index contributed by atoms with van der Waals surface area (Å²) in [6.45, 7) is 0. The smallest absolute Gasteiger partial charge is 0.158 e. The summed E-state index contributed by atoms with van der Waals surface area (Å²) in [4.78, 5) is 0. The highest BCUT2D eigenvalue weighted by Gasteiger charge is 2.13. The normalized spacial score (nSPS) is 11.5. The van der Waals surface area contributed by atoms with Crippen LogP contribution in [0.1, 0.15) is 11.1 Å². The Morgan fingerprint density at radius 2 is 1.58 bits per heavy atom. The first-order valence-corrected chi connectivity index (χ1v) is 8.63. The average Bonchev–Trinajstić information content (AvgIpc) is 2.31. The number of hydrogen-bond acceptors (Lipinski definition) is 2. The summed E-state index contributed by atoms with van der Waals surface area (Å²) in [6.07, 6.45) is 0. The minimum atomic E-state index is -3.19. The van der Waals surface area contributed by atoms with Crippen LogP contribution in [0.15, 0.2) is 53.0 Å². The Morgan fingerprint density at radius 3 is 2.21 bits per heavy atom. The molecule has 0 unspecified atom stereocenters. The summed E-state index contributed by atoms with van der Waals surface area (Å²) in [5.74, 6) is 0.0381. The van der Waals surface area contributed by atoms with Gasteiger partial charge < -0.3 is 0 Å². The molecule has 0 aliphatic carbocycles. The fraction of sp³-hybridized carbons (Fsp3) is 0.143. The molecular weight excluding hydrogens is 348 g/mol. The molecule has 0 aliphatic rings. The Morgan fingerprint density at radius 1 is 0.947 bits per heavy atom. The Kier molecular flexibility index (Phi) is 4.66. The Hall–Kier alpha value is -0.840. The van der Waals surface area contributed by atoms with E-state index >= 15 is 0 Å². The van der Waals surface area contributed by atoms with Crippen molar-refractivity contribution in [3.63, 3.8) is 0 Å². The van der Waals surface area contributed by atoms with Gasteiger partial charge in [0.25, 0.3) is 0 Å². The zero-order chi connectivity index (χ0) is 13.9. The molecule has 0 amide bonds. The standard InChI is InChI=1S/C14H12BrClO2S/c15-13-6-4-11(5-7-13)9-19(17,18)10-12-2-1-3-14(16)8-12/h1-8H,9-10H2. The molecule has 0 atom stereocenters. The highest BCUT2D eigenvalue weighted by molar-refractivity contribution is 9.10. The van der Waals surface area contributed by atoms with Crippen molar-refractivity contribution in [3.8, 4) is 0 Å². The highest BCUT2D eigenvalue weighted by Crippen LogP contribution is 2.17. The molecule has 0 saturated carbocycles. The molecule has 0 aliphatic heterocycles. The predicted molar refractivity (Wildman–Crippen MR) is 81.9 cm³/mol. The van der Waals surface area contributed by atoms with Crippen LogP contribution in [-0.4, -0.2) is 8.42 Å². The van der Waals surface area contributed by atoms with Crippen molar-refractivity contribution in [2.75, 3.05) is 0 Å². The molecule has 0 spiro atoms. The Bertz CT molecular complexity index is 666. The molecule has 0 N–H and O–H groups in total. The van der Waals surface area contributed by atoms with Crippen molar-refractivity contribution in [1.29, 1.82) is 0 Å². The van der Waals surface area contributed by atoms with Crippen LogP contribution in [0.4, 0.5) is 0 Å². The first-order chi connectivity index (χ1) is 8.94. The van der Waals surface area contributed by atoms with Gasteiger partial charge in [-0.05, 0) is 35.4 Å². The minimum Gasteiger partial charge on any atom is -0.228 e. The number of hydrogen-bond donors (Lipinski definition) is 0. The second-order valence-corrected chi connectivity index (χ2v) is 7.71. The zero-order valence-electron chi connectivity index (χ0n) is 10.0. The van der Waals surface area contributed by atoms with E-state index < -0.39 is 9.84 Å². The largest absolute Gasteiger partial charge is 0.228 e. The van der Waals surface area contributed by atoms with E-state index in [0.717, 1.165) is 10.0 Å². The third-order valence-corrected chi connectivity index (χ3v) is 4.89. The van der Waals surface area contributed by atoms with Crippen LogP contribution in [0.2, 0.25) is 5.02 Å². The van der Waals surface area contributed by atoms with Crippen LogP contribution >= 0.6 is 27.5 Å². The third kappa shape index (κ3) is 4.64. The monoisotopic (exact) mass is 358 g/mol. The van der Waals surface area contributed by atoms with E-state index in [-0.39, 0.29) is 11.5 Å². The molecular formula is C14H12BrClO2S. The summed E-state index contributed by atoms with van der Waals surface area (Å²) in [5.41, 5.74) is 1.50. The van der Waals surface area contributed by atoms with E-state index in [1.807, 2.05) is 12.1 Å². The average molecular weight is 360 g/mol. The molecule has 2 rings (SSSR count). The van der Waals surface area contributed by atoms with Gasteiger partial charge in [-0.3, -0.25) is 0 Å². The van der Waals surface area contributed by atoms with Crippen molar-refractivity contribution < 1.29 is 8.42 Å². The first kappa shape index (κ1) is 14.6. The molecule has 0 saturated heterocycles. The lowest BCUT2D eigenvalue weighted by Gasteiger charge is -2.05. The first-order valence-electron chi connectivity index (χ1n) is 5.64. The second kappa shape index (κ2) is 6.07. The molecule has 100 valence electrons. The maximum Gasteiger partial charge on any atom is 0.158 e. The van der Waals surface area contributed by atoms with E-state index in [4.69, 9.17) is 11.6 Å². The van der Waals surface area contributed by atoms with Crippen LogP contribution in [0.3, 0.4) is 0 Å². The van der Waals surface area contributed by atoms with Gasteiger partial charge in [-0.1, -0.05) is 51.8 Å². The third-order valence-electron chi connectivity index (χ3n) is 2.58. The van der Waals surface area contributed by atoms with Crippen molar-refractivity contribution in [1.82, 2.24) is 0 Å². The summed E-state index contributed by atoms with van der Waals surface area (Å²) < 4.78 is 25.2. The fourth-order valence-electron chi connectivity index (χ4n) is 1.77. The minimum absolute atomic E-state index is 0.00360. The molecule has 0 bridgehead atoms. The van der Waals surface area contributed by atoms with E-state index in [1.165, 1.54) is 0 Å². The number of rotatable bonds is 4. The van der Waals surface area contributed by atoms with Crippen molar-refractivity contribution in [3.05, 3.63) is 69.2 Å². The Balaban J connectivity index is 2.13. The quantitative estimate of drug-likeness (QED) is 0.819. The van der Waals surface area contributed by atoms with Crippen LogP contribution < -0.4 is 0 Å². The van der Waals surface area contributed by atoms with Gasteiger partial charge in [-0.2, -0.15) is 0 Å². The van der Waals surface area contributed by atoms with Gasteiger partial charge >= 0.3 is 0 Å². The second-order valence-electron chi connectivity index (χ2n) is 4.29. The van der Waals surface area contributed by atoms with E-state index in [0.29, 0.717) is 10.6 Å². The van der Waals surface area contributed by atoms with Gasteiger partial charge in [-0.15, -0.1) is 0 Å². The number of sulfone groups is 1. The van der Waals surface area contributed by atoms with Gasteiger partial charge in [-0.25, -0.2) is 8.42 Å². The van der Waals surface area contributed by atoms with Gasteiger partial charge in [0.05, 0.1) is 11.5 Å². The summed E-state index contributed by atoms with van der Waals surface area (Å²) >= 11 is 9.17. The van der Waals surface area contributed by atoms with Crippen LogP contribution in [0, 0.1) is 0 Å². The van der Waals surface area contributed by atoms with Crippen LogP contribution in [0.25, 0.3) is 0 Å². The van der Waals surface area contributed by atoms with E-state index in [9.17, 15) is 8.42 Å². The van der Waals surface area contributed by atoms with Gasteiger partial charge in [0, 0.05) is 9.50 Å². The maximum absolute atomic E-state index is 12.1. The van der Waals surface area contributed by atoms with Gasteiger partial charge in [0.2, 0.25) is 0 Å². The lowest BCUT2D eigenvalue weighted by molar-refractivity contribution is 0.594. The van der Waals surface area contributed by atoms with E-state index in [2.05, 4.69) is 15.9 Å². The molecule has 2 aromatic rings. The zero-order valence-corrected chi connectivity index (χ0v) is 13.2.